The Morgan fingerprint density at radius 2 is 2.16 bits per heavy atom. The Kier molecular flexibility index (Phi) is 5.82. The third kappa shape index (κ3) is 6.59. The van der Waals surface area contributed by atoms with Crippen molar-refractivity contribution < 1.29 is 9.53 Å². The van der Waals surface area contributed by atoms with E-state index in [1.54, 1.807) is 0 Å². The Balaban J connectivity index is 2.35. The summed E-state index contributed by atoms with van der Waals surface area (Å²) in [5, 5.41) is 2.70. The second-order valence-corrected chi connectivity index (χ2v) is 6.29. The molecule has 19 heavy (non-hydrogen) atoms. The van der Waals surface area contributed by atoms with E-state index in [9.17, 15) is 4.79 Å². The van der Waals surface area contributed by atoms with Crippen LogP contribution >= 0.6 is 15.9 Å². The van der Waals surface area contributed by atoms with Crippen molar-refractivity contribution in [1.82, 2.24) is 5.32 Å². The Morgan fingerprint density at radius 3 is 2.74 bits per heavy atom. The number of hydrogen-bond acceptors (Lipinski definition) is 3. The van der Waals surface area contributed by atoms with Gasteiger partial charge in [0.25, 0.3) is 0 Å². The van der Waals surface area contributed by atoms with Crippen LogP contribution in [0.2, 0.25) is 0 Å². The maximum atomic E-state index is 11.4. The van der Waals surface area contributed by atoms with Gasteiger partial charge >= 0.3 is 6.09 Å². The van der Waals surface area contributed by atoms with Gasteiger partial charge in [0.15, 0.2) is 0 Å². The lowest BCUT2D eigenvalue weighted by molar-refractivity contribution is 0.0526. The van der Waals surface area contributed by atoms with E-state index in [2.05, 4.69) is 21.2 Å². The summed E-state index contributed by atoms with van der Waals surface area (Å²) in [6, 6.07) is 7.75. The highest BCUT2D eigenvalue weighted by atomic mass is 79.9. The van der Waals surface area contributed by atoms with Crippen molar-refractivity contribution in [2.24, 2.45) is 5.73 Å². The summed E-state index contributed by atoms with van der Waals surface area (Å²) >= 11 is 3.41. The fourth-order valence-corrected chi connectivity index (χ4v) is 1.96. The Labute approximate surface area is 122 Å². The number of amides is 1. The highest BCUT2D eigenvalue weighted by Gasteiger charge is 2.16. The van der Waals surface area contributed by atoms with Gasteiger partial charge in [-0.05, 0) is 44.9 Å². The van der Waals surface area contributed by atoms with Crippen molar-refractivity contribution in [2.45, 2.75) is 38.8 Å². The molecule has 106 valence electrons. The molecule has 3 N–H and O–H groups in total. The van der Waals surface area contributed by atoms with Gasteiger partial charge in [0.2, 0.25) is 0 Å². The molecule has 0 aromatic heterocycles. The van der Waals surface area contributed by atoms with E-state index in [-0.39, 0.29) is 6.04 Å². The van der Waals surface area contributed by atoms with Gasteiger partial charge in [0.1, 0.15) is 5.60 Å². The molecule has 0 bridgehead atoms. The first-order valence-corrected chi connectivity index (χ1v) is 7.05. The minimum Gasteiger partial charge on any atom is -0.444 e. The van der Waals surface area contributed by atoms with Crippen LogP contribution < -0.4 is 11.1 Å². The molecule has 1 atom stereocenters. The fraction of sp³-hybridized carbons (Fsp3) is 0.500. The first kappa shape index (κ1) is 16.0. The number of nitrogens with two attached hydrogens (primary N) is 1. The van der Waals surface area contributed by atoms with Crippen molar-refractivity contribution in [1.29, 1.82) is 0 Å². The van der Waals surface area contributed by atoms with Crippen LogP contribution in [0.1, 0.15) is 38.8 Å². The molecule has 5 heteroatoms. The van der Waals surface area contributed by atoms with E-state index in [4.69, 9.17) is 10.5 Å². The molecule has 0 aliphatic rings. The van der Waals surface area contributed by atoms with E-state index in [0.29, 0.717) is 13.0 Å². The summed E-state index contributed by atoms with van der Waals surface area (Å²) in [7, 11) is 0. The van der Waals surface area contributed by atoms with Crippen LogP contribution in [0.5, 0.6) is 0 Å². The summed E-state index contributed by atoms with van der Waals surface area (Å²) in [6.07, 6.45) is 0.254. The lowest BCUT2D eigenvalue weighted by Gasteiger charge is -2.20. The normalized spacial score (nSPS) is 12.9. The van der Waals surface area contributed by atoms with Gasteiger partial charge in [-0.15, -0.1) is 0 Å². The molecule has 0 spiro atoms. The van der Waals surface area contributed by atoms with Crippen LogP contribution in [0.3, 0.4) is 0 Å². The predicted octanol–water partition coefficient (Wildman–Crippen LogP) is 3.36. The van der Waals surface area contributed by atoms with E-state index in [0.717, 1.165) is 10.0 Å². The zero-order valence-corrected chi connectivity index (χ0v) is 13.2. The molecule has 1 rings (SSSR count). The van der Waals surface area contributed by atoms with Gasteiger partial charge < -0.3 is 15.8 Å². The van der Waals surface area contributed by atoms with E-state index in [1.807, 2.05) is 45.0 Å². The van der Waals surface area contributed by atoms with Crippen molar-refractivity contribution >= 4 is 22.0 Å². The van der Waals surface area contributed by atoms with Gasteiger partial charge in [0.05, 0.1) is 0 Å². The van der Waals surface area contributed by atoms with E-state index >= 15 is 0 Å². The lowest BCUT2D eigenvalue weighted by Crippen LogP contribution is -2.33. The Morgan fingerprint density at radius 1 is 1.47 bits per heavy atom. The van der Waals surface area contributed by atoms with Gasteiger partial charge in [-0.1, -0.05) is 28.1 Å². The molecule has 0 saturated carbocycles. The van der Waals surface area contributed by atoms with Crippen molar-refractivity contribution in [3.05, 3.63) is 34.3 Å². The molecule has 0 aliphatic heterocycles. The zero-order chi connectivity index (χ0) is 14.5. The third-order valence-electron chi connectivity index (χ3n) is 2.40. The summed E-state index contributed by atoms with van der Waals surface area (Å²) in [5.74, 6) is 0. The second-order valence-electron chi connectivity index (χ2n) is 5.38. The molecular formula is C14H21BrN2O2. The molecule has 4 nitrogen and oxygen atoms in total. The van der Waals surface area contributed by atoms with Crippen molar-refractivity contribution in [3.8, 4) is 0 Å². The van der Waals surface area contributed by atoms with Gasteiger partial charge in [-0.2, -0.15) is 0 Å². The Hall–Kier alpha value is -1.07. The molecule has 0 fully saturated rings. The quantitative estimate of drug-likeness (QED) is 0.890. The number of halogens is 1. The number of alkyl carbamates (subject to hydrolysis) is 1. The van der Waals surface area contributed by atoms with Gasteiger partial charge in [0, 0.05) is 17.1 Å². The van der Waals surface area contributed by atoms with E-state index in [1.165, 1.54) is 0 Å². The number of nitrogens with one attached hydrogen (secondary N) is 1. The zero-order valence-electron chi connectivity index (χ0n) is 11.6. The molecule has 0 heterocycles. The van der Waals surface area contributed by atoms with Crippen LogP contribution in [-0.2, 0) is 4.74 Å². The summed E-state index contributed by atoms with van der Waals surface area (Å²) in [5.41, 5.74) is 6.63. The predicted molar refractivity (Wildman–Crippen MR) is 79.9 cm³/mol. The molecular weight excluding hydrogens is 308 g/mol. The van der Waals surface area contributed by atoms with Gasteiger partial charge in [-0.25, -0.2) is 4.79 Å². The summed E-state index contributed by atoms with van der Waals surface area (Å²) < 4.78 is 6.15. The number of rotatable bonds is 4. The summed E-state index contributed by atoms with van der Waals surface area (Å²) in [4.78, 5) is 11.4. The Bertz CT molecular complexity index is 430. The standard InChI is InChI=1S/C14H21BrN2O2/c1-14(2,3)19-13(18)17-8-7-12(16)10-5-4-6-11(15)9-10/h4-6,9,12H,7-8,16H2,1-3H3,(H,17,18). The first-order chi connectivity index (χ1) is 8.78. The third-order valence-corrected chi connectivity index (χ3v) is 2.89. The SMILES string of the molecule is CC(C)(C)OC(=O)NCCC(N)c1cccc(Br)c1. The number of ether oxygens (including phenoxy) is 1. The first-order valence-electron chi connectivity index (χ1n) is 6.26. The topological polar surface area (TPSA) is 64.3 Å². The average molecular weight is 329 g/mol. The monoisotopic (exact) mass is 328 g/mol. The fourth-order valence-electron chi connectivity index (χ4n) is 1.55. The maximum absolute atomic E-state index is 11.4. The lowest BCUT2D eigenvalue weighted by atomic mass is 10.1. The molecule has 1 unspecified atom stereocenters. The molecule has 0 radical (unpaired) electrons. The largest absolute Gasteiger partial charge is 0.444 e. The van der Waals surface area contributed by atoms with E-state index < -0.39 is 11.7 Å². The molecule has 1 amide bonds. The van der Waals surface area contributed by atoms with Crippen LogP contribution in [-0.4, -0.2) is 18.2 Å². The number of benzene rings is 1. The molecule has 0 aliphatic carbocycles. The minimum atomic E-state index is -0.476. The van der Waals surface area contributed by atoms with Crippen LogP contribution in [0, 0.1) is 0 Å². The van der Waals surface area contributed by atoms with Crippen LogP contribution in [0.4, 0.5) is 4.79 Å². The minimum absolute atomic E-state index is 0.104. The highest BCUT2D eigenvalue weighted by molar-refractivity contribution is 9.10. The number of carbonyl (C=O) groups is 1. The second kappa shape index (κ2) is 6.91. The molecule has 0 saturated heterocycles. The smallest absolute Gasteiger partial charge is 0.407 e. The summed E-state index contributed by atoms with van der Waals surface area (Å²) in [6.45, 7) is 5.99. The molecule has 1 aromatic rings. The van der Waals surface area contributed by atoms with Crippen molar-refractivity contribution in [2.75, 3.05) is 6.54 Å². The van der Waals surface area contributed by atoms with Gasteiger partial charge in [-0.3, -0.25) is 0 Å². The van der Waals surface area contributed by atoms with Crippen LogP contribution in [0.25, 0.3) is 0 Å². The number of carbonyl (C=O) groups excluding carboxylic acids is 1. The van der Waals surface area contributed by atoms with Crippen LogP contribution in [0.15, 0.2) is 28.7 Å². The maximum Gasteiger partial charge on any atom is 0.407 e. The number of hydrogen-bond donors (Lipinski definition) is 2. The van der Waals surface area contributed by atoms with Crippen molar-refractivity contribution in [3.63, 3.8) is 0 Å². The highest BCUT2D eigenvalue weighted by Crippen LogP contribution is 2.18. The molecule has 1 aromatic carbocycles. The average Bonchev–Trinajstić information content (AvgIpc) is 2.26.